The topological polar surface area (TPSA) is 73.0 Å². The molecule has 0 aromatic carbocycles. The van der Waals surface area contributed by atoms with Crippen molar-refractivity contribution in [3.05, 3.63) is 53.5 Å². The molecule has 7 heteroatoms. The molecule has 0 spiro atoms. The van der Waals surface area contributed by atoms with Gasteiger partial charge < -0.3 is 15.1 Å². The summed E-state index contributed by atoms with van der Waals surface area (Å²) in [4.78, 5) is 14.2. The summed E-state index contributed by atoms with van der Waals surface area (Å²) in [6.07, 6.45) is 11.9. The van der Waals surface area contributed by atoms with Gasteiger partial charge in [0.2, 0.25) is 0 Å². The van der Waals surface area contributed by atoms with E-state index in [9.17, 15) is 0 Å². The van der Waals surface area contributed by atoms with Gasteiger partial charge in [-0.25, -0.2) is 9.97 Å². The number of aryl methyl sites for hydroxylation is 1. The first-order valence-electron chi connectivity index (χ1n) is 10.2. The lowest BCUT2D eigenvalue weighted by atomic mass is 9.97. The summed E-state index contributed by atoms with van der Waals surface area (Å²) in [5.41, 5.74) is 2.33. The Kier molecular flexibility index (Phi) is 5.76. The van der Waals surface area contributed by atoms with Gasteiger partial charge in [-0.1, -0.05) is 29.9 Å². The van der Waals surface area contributed by atoms with Crippen LogP contribution < -0.4 is 10.2 Å². The van der Waals surface area contributed by atoms with Crippen molar-refractivity contribution < 1.29 is 0 Å². The molecule has 29 heavy (non-hydrogen) atoms. The predicted octanol–water partition coefficient (Wildman–Crippen LogP) is 3.54. The Morgan fingerprint density at radius 2 is 1.93 bits per heavy atom. The van der Waals surface area contributed by atoms with Gasteiger partial charge in [0, 0.05) is 44.0 Å². The van der Waals surface area contributed by atoms with Crippen LogP contribution in [0.4, 0.5) is 17.5 Å². The van der Waals surface area contributed by atoms with E-state index in [2.05, 4.69) is 63.6 Å². The summed E-state index contributed by atoms with van der Waals surface area (Å²) in [5.74, 6) is 3.58. The Hall–Kier alpha value is -2.93. The molecule has 0 radical (unpaired) electrons. The minimum absolute atomic E-state index is 0.389. The lowest BCUT2D eigenvalue weighted by molar-refractivity contribution is 0.312. The maximum absolute atomic E-state index is 4.83. The Morgan fingerprint density at radius 3 is 2.62 bits per heavy atom. The molecule has 1 aliphatic carbocycles. The average Bonchev–Trinajstić information content (AvgIpc) is 3.12. The van der Waals surface area contributed by atoms with Crippen LogP contribution in [0, 0.1) is 12.8 Å². The summed E-state index contributed by atoms with van der Waals surface area (Å²) in [6, 6.07) is 3.98. The Bertz CT molecular complexity index is 932. The van der Waals surface area contributed by atoms with E-state index in [4.69, 9.17) is 9.97 Å². The fourth-order valence-corrected chi connectivity index (χ4v) is 3.50. The molecule has 4 rings (SSSR count). The Labute approximate surface area is 172 Å². The zero-order chi connectivity index (χ0) is 20.2. The number of allylic oxidation sites excluding steroid dienone is 5. The summed E-state index contributed by atoms with van der Waals surface area (Å²) < 4.78 is 0. The van der Waals surface area contributed by atoms with Gasteiger partial charge in [0.25, 0.3) is 0 Å². The summed E-state index contributed by atoms with van der Waals surface area (Å²) in [6.45, 7) is 8.12. The predicted molar refractivity (Wildman–Crippen MR) is 118 cm³/mol. The van der Waals surface area contributed by atoms with Crippen LogP contribution in [0.2, 0.25) is 0 Å². The molecule has 0 saturated carbocycles. The largest absolute Gasteiger partial charge is 0.354 e. The number of anilines is 3. The number of hydrogen-bond acceptors (Lipinski definition) is 6. The van der Waals surface area contributed by atoms with Gasteiger partial charge in [0.05, 0.1) is 0 Å². The minimum Gasteiger partial charge on any atom is -0.354 e. The number of nitrogens with zero attached hydrogens (tertiary/aromatic N) is 5. The number of aromatic nitrogens is 4. The third kappa shape index (κ3) is 5.12. The van der Waals surface area contributed by atoms with Crippen molar-refractivity contribution in [3.8, 4) is 0 Å². The van der Waals surface area contributed by atoms with Crippen molar-refractivity contribution in [2.45, 2.75) is 20.3 Å². The third-order valence-corrected chi connectivity index (χ3v) is 5.33. The first kappa shape index (κ1) is 19.4. The van der Waals surface area contributed by atoms with Crippen LogP contribution >= 0.6 is 0 Å². The number of H-pyrrole nitrogens is 1. The molecule has 0 amide bonds. The number of rotatable bonds is 5. The SMILES string of the molecule is CC1=CCC(/C=C/c2nc(Nc3cc(C)[nH]n3)cc(N3CCN(C)CC3)n2)C=C1. The first-order valence-corrected chi connectivity index (χ1v) is 10.2. The van der Waals surface area contributed by atoms with Crippen LogP contribution in [0.3, 0.4) is 0 Å². The molecule has 0 bridgehead atoms. The number of nitrogens with one attached hydrogen (secondary N) is 2. The zero-order valence-corrected chi connectivity index (χ0v) is 17.4. The highest BCUT2D eigenvalue weighted by atomic mass is 15.3. The highest BCUT2D eigenvalue weighted by Crippen LogP contribution is 2.22. The molecule has 1 saturated heterocycles. The van der Waals surface area contributed by atoms with E-state index in [1.54, 1.807) is 0 Å². The van der Waals surface area contributed by atoms with Crippen molar-refractivity contribution in [3.63, 3.8) is 0 Å². The van der Waals surface area contributed by atoms with Gasteiger partial charge >= 0.3 is 0 Å². The maximum Gasteiger partial charge on any atom is 0.156 e. The van der Waals surface area contributed by atoms with Crippen LogP contribution in [0.1, 0.15) is 24.9 Å². The van der Waals surface area contributed by atoms with E-state index in [0.717, 1.165) is 61.6 Å². The van der Waals surface area contributed by atoms with Gasteiger partial charge in [-0.2, -0.15) is 5.10 Å². The smallest absolute Gasteiger partial charge is 0.156 e. The quantitative estimate of drug-likeness (QED) is 0.812. The average molecular weight is 392 g/mol. The number of piperazine rings is 1. The Balaban J connectivity index is 1.58. The van der Waals surface area contributed by atoms with Crippen molar-refractivity contribution in [1.82, 2.24) is 25.1 Å². The Morgan fingerprint density at radius 1 is 1.10 bits per heavy atom. The maximum atomic E-state index is 4.83. The van der Waals surface area contributed by atoms with E-state index in [1.807, 2.05) is 25.1 Å². The molecule has 1 atom stereocenters. The summed E-state index contributed by atoms with van der Waals surface area (Å²) in [7, 11) is 2.16. The highest BCUT2D eigenvalue weighted by molar-refractivity contribution is 5.60. The van der Waals surface area contributed by atoms with Crippen molar-refractivity contribution in [2.24, 2.45) is 5.92 Å². The fraction of sp³-hybridized carbons (Fsp3) is 0.409. The second kappa shape index (κ2) is 8.61. The number of likely N-dealkylation sites (N-methyl/N-ethyl adjacent to an activating group) is 1. The summed E-state index contributed by atoms with van der Waals surface area (Å²) in [5, 5.41) is 10.5. The van der Waals surface area contributed by atoms with Gasteiger partial charge in [0.1, 0.15) is 11.6 Å². The number of aromatic amines is 1. The summed E-state index contributed by atoms with van der Waals surface area (Å²) >= 11 is 0. The molecule has 1 aliphatic heterocycles. The van der Waals surface area contributed by atoms with E-state index in [0.29, 0.717) is 5.92 Å². The van der Waals surface area contributed by atoms with Gasteiger partial charge in [-0.3, -0.25) is 5.10 Å². The van der Waals surface area contributed by atoms with Crippen LogP contribution in [0.25, 0.3) is 6.08 Å². The molecular weight excluding hydrogens is 362 g/mol. The lowest BCUT2D eigenvalue weighted by Gasteiger charge is -2.33. The van der Waals surface area contributed by atoms with Crippen LogP contribution in [-0.2, 0) is 0 Å². The van der Waals surface area contributed by atoms with E-state index < -0.39 is 0 Å². The molecule has 152 valence electrons. The molecule has 2 aliphatic rings. The van der Waals surface area contributed by atoms with Gasteiger partial charge in [-0.15, -0.1) is 0 Å². The minimum atomic E-state index is 0.389. The molecule has 3 heterocycles. The van der Waals surface area contributed by atoms with Crippen LogP contribution in [0.15, 0.2) is 42.0 Å². The molecular formula is C22H29N7. The fourth-order valence-electron chi connectivity index (χ4n) is 3.50. The molecule has 7 nitrogen and oxygen atoms in total. The standard InChI is InChI=1S/C22H29N7/c1-16-4-6-18(7-5-16)8-9-19-23-20(24-21-14-17(2)26-27-21)15-22(25-19)29-12-10-28(3)11-13-29/h4-6,8-9,14-15,18H,7,10-13H2,1-3H3,(H2,23,24,25,26,27)/b9-8+. The second-order valence-electron chi connectivity index (χ2n) is 7.89. The number of hydrogen-bond donors (Lipinski definition) is 2. The zero-order valence-electron chi connectivity index (χ0n) is 17.4. The van der Waals surface area contributed by atoms with Gasteiger partial charge in [0.15, 0.2) is 11.6 Å². The monoisotopic (exact) mass is 391 g/mol. The van der Waals surface area contributed by atoms with Crippen molar-refractivity contribution in [1.29, 1.82) is 0 Å². The molecule has 1 fully saturated rings. The van der Waals surface area contributed by atoms with E-state index in [-0.39, 0.29) is 0 Å². The van der Waals surface area contributed by atoms with Crippen LogP contribution in [-0.4, -0.2) is 58.3 Å². The second-order valence-corrected chi connectivity index (χ2v) is 7.89. The molecule has 2 aromatic heterocycles. The van der Waals surface area contributed by atoms with Gasteiger partial charge in [-0.05, 0) is 39.3 Å². The highest BCUT2D eigenvalue weighted by Gasteiger charge is 2.17. The first-order chi connectivity index (χ1) is 14.0. The van der Waals surface area contributed by atoms with E-state index in [1.165, 1.54) is 5.57 Å². The molecule has 2 aromatic rings. The van der Waals surface area contributed by atoms with E-state index >= 15 is 0 Å². The molecule has 2 N–H and O–H groups in total. The molecule has 1 unspecified atom stereocenters. The van der Waals surface area contributed by atoms with Crippen LogP contribution in [0.5, 0.6) is 0 Å². The normalized spacial score (nSPS) is 20.3. The third-order valence-electron chi connectivity index (χ3n) is 5.33. The van der Waals surface area contributed by atoms with Crippen molar-refractivity contribution >= 4 is 23.5 Å². The van der Waals surface area contributed by atoms with Crippen molar-refractivity contribution in [2.75, 3.05) is 43.4 Å². The lowest BCUT2D eigenvalue weighted by Crippen LogP contribution is -2.44.